The van der Waals surface area contributed by atoms with Gasteiger partial charge in [0.1, 0.15) is 11.2 Å². The molecule has 0 atom stereocenters. The Bertz CT molecular complexity index is 2820. The van der Waals surface area contributed by atoms with Gasteiger partial charge in [-0.1, -0.05) is 115 Å². The zero-order valence-corrected chi connectivity index (χ0v) is 26.6. The highest BCUT2D eigenvalue weighted by atomic mass is 16.5. The van der Waals surface area contributed by atoms with Gasteiger partial charge in [0.15, 0.2) is 23.0 Å². The highest BCUT2D eigenvalue weighted by Gasteiger charge is 2.37. The van der Waals surface area contributed by atoms with Crippen molar-refractivity contribution in [3.63, 3.8) is 0 Å². The van der Waals surface area contributed by atoms with Gasteiger partial charge in [-0.15, -0.1) is 0 Å². The van der Waals surface area contributed by atoms with Gasteiger partial charge in [-0.25, -0.2) is 9.97 Å². The number of ether oxygens (including phenoxy) is 2. The van der Waals surface area contributed by atoms with Crippen molar-refractivity contribution < 1.29 is 9.47 Å². The largest absolute Gasteiger partial charge is 0.453 e. The molecule has 0 saturated heterocycles. The van der Waals surface area contributed by atoms with E-state index in [0.29, 0.717) is 11.7 Å². The molecule has 0 aliphatic carbocycles. The van der Waals surface area contributed by atoms with Crippen molar-refractivity contribution in [1.82, 2.24) is 14.5 Å². The van der Waals surface area contributed by atoms with Crippen LogP contribution in [0.3, 0.4) is 0 Å². The number of aromatic nitrogens is 3. The van der Waals surface area contributed by atoms with Crippen molar-refractivity contribution in [2.45, 2.75) is 0 Å². The molecular weight excluding hydrogens is 617 g/mol. The molecule has 2 aliphatic rings. The van der Waals surface area contributed by atoms with Crippen LogP contribution in [-0.2, 0) is 0 Å². The summed E-state index contributed by atoms with van der Waals surface area (Å²) < 4.78 is 15.8. The van der Waals surface area contributed by atoms with Gasteiger partial charge >= 0.3 is 0 Å². The lowest BCUT2D eigenvalue weighted by Crippen LogP contribution is -2.20. The summed E-state index contributed by atoms with van der Waals surface area (Å²) in [5.41, 5.74) is 9.61. The molecule has 50 heavy (non-hydrogen) atoms. The fourth-order valence-electron chi connectivity index (χ4n) is 7.55. The fourth-order valence-corrected chi connectivity index (χ4v) is 7.55. The molecular formula is C44H26N4O2. The minimum Gasteiger partial charge on any atom is -0.453 e. The zero-order valence-electron chi connectivity index (χ0n) is 26.6. The molecule has 0 saturated carbocycles. The van der Waals surface area contributed by atoms with E-state index in [9.17, 15) is 0 Å². The average molecular weight is 643 g/mol. The van der Waals surface area contributed by atoms with Crippen LogP contribution in [0, 0.1) is 0 Å². The molecule has 11 rings (SSSR count). The van der Waals surface area contributed by atoms with Gasteiger partial charge in [-0.05, 0) is 53.6 Å². The second-order valence-electron chi connectivity index (χ2n) is 12.6. The maximum absolute atomic E-state index is 6.96. The monoisotopic (exact) mass is 642 g/mol. The van der Waals surface area contributed by atoms with Crippen LogP contribution in [0.15, 0.2) is 158 Å². The van der Waals surface area contributed by atoms with Gasteiger partial charge in [0.2, 0.25) is 5.95 Å². The summed E-state index contributed by atoms with van der Waals surface area (Å²) in [5.74, 6) is 3.55. The number of nitrogens with zero attached hydrogens (tertiary/aromatic N) is 4. The molecule has 2 aromatic heterocycles. The third-order valence-corrected chi connectivity index (χ3v) is 9.76. The van der Waals surface area contributed by atoms with Gasteiger partial charge < -0.3 is 9.47 Å². The van der Waals surface area contributed by atoms with Crippen molar-refractivity contribution in [2.75, 3.05) is 4.90 Å². The summed E-state index contributed by atoms with van der Waals surface area (Å²) in [6, 6.07) is 54.1. The van der Waals surface area contributed by atoms with Crippen LogP contribution in [0.1, 0.15) is 0 Å². The minimum absolute atomic E-state index is 0.565. The lowest BCUT2D eigenvalue weighted by atomic mass is 10.0. The first-order chi connectivity index (χ1) is 24.8. The van der Waals surface area contributed by atoms with Crippen molar-refractivity contribution in [2.24, 2.45) is 0 Å². The maximum atomic E-state index is 6.96. The number of hydrogen-bond acceptors (Lipinski definition) is 5. The first-order valence-electron chi connectivity index (χ1n) is 16.7. The number of hydrogen-bond donors (Lipinski definition) is 0. The SMILES string of the molecule is c1ccc(-c2ccc3c4cc5c6c(c4n(-c4nc(-c7ccccc7)c7ccccc7n4)c3c2)Oc2ccccc2N6c2ccccc2O5)cc1. The van der Waals surface area contributed by atoms with Crippen molar-refractivity contribution in [1.29, 1.82) is 0 Å². The Hall–Kier alpha value is -6.92. The molecule has 0 unspecified atom stereocenters. The molecule has 7 aromatic carbocycles. The van der Waals surface area contributed by atoms with Gasteiger partial charge in [0.25, 0.3) is 0 Å². The molecule has 6 heteroatoms. The Kier molecular flexibility index (Phi) is 5.57. The van der Waals surface area contributed by atoms with Gasteiger partial charge in [-0.2, -0.15) is 0 Å². The Morgan fingerprint density at radius 3 is 1.90 bits per heavy atom. The van der Waals surface area contributed by atoms with E-state index in [1.807, 2.05) is 72.8 Å². The first kappa shape index (κ1) is 27.1. The predicted molar refractivity (Wildman–Crippen MR) is 200 cm³/mol. The van der Waals surface area contributed by atoms with Crippen LogP contribution in [0.5, 0.6) is 23.0 Å². The quantitative estimate of drug-likeness (QED) is 0.192. The second-order valence-corrected chi connectivity index (χ2v) is 12.6. The average Bonchev–Trinajstić information content (AvgIpc) is 3.51. The lowest BCUT2D eigenvalue weighted by molar-refractivity contribution is 0.449. The number of anilines is 3. The molecule has 2 aliphatic heterocycles. The molecule has 9 aromatic rings. The van der Waals surface area contributed by atoms with E-state index in [0.717, 1.165) is 89.4 Å². The van der Waals surface area contributed by atoms with Crippen LogP contribution in [0.25, 0.3) is 61.0 Å². The third-order valence-electron chi connectivity index (χ3n) is 9.76. The van der Waals surface area contributed by atoms with Crippen molar-refractivity contribution >= 4 is 49.8 Å². The smallest absolute Gasteiger partial charge is 0.235 e. The van der Waals surface area contributed by atoms with E-state index in [1.165, 1.54) is 0 Å². The Labute approximate surface area is 287 Å². The fraction of sp³-hybridized carbons (Fsp3) is 0. The molecule has 234 valence electrons. The molecule has 0 fully saturated rings. The molecule has 4 heterocycles. The third kappa shape index (κ3) is 3.84. The first-order valence-corrected chi connectivity index (χ1v) is 16.7. The van der Waals surface area contributed by atoms with Crippen molar-refractivity contribution in [3.05, 3.63) is 158 Å². The van der Waals surface area contributed by atoms with E-state index < -0.39 is 0 Å². The summed E-state index contributed by atoms with van der Waals surface area (Å²) >= 11 is 0. The normalized spacial score (nSPS) is 12.7. The number of fused-ring (bicyclic) bond motifs is 9. The topological polar surface area (TPSA) is 52.4 Å². The molecule has 0 amide bonds. The number of para-hydroxylation sites is 5. The zero-order chi connectivity index (χ0) is 32.8. The van der Waals surface area contributed by atoms with E-state index >= 15 is 0 Å². The van der Waals surface area contributed by atoms with E-state index in [1.54, 1.807) is 0 Å². The Morgan fingerprint density at radius 2 is 1.12 bits per heavy atom. The van der Waals surface area contributed by atoms with Gasteiger partial charge in [0, 0.05) is 21.7 Å². The van der Waals surface area contributed by atoms with E-state index in [-0.39, 0.29) is 0 Å². The molecule has 0 bridgehead atoms. The number of benzene rings is 7. The lowest BCUT2D eigenvalue weighted by Gasteiger charge is -2.38. The Morgan fingerprint density at radius 1 is 0.460 bits per heavy atom. The van der Waals surface area contributed by atoms with Gasteiger partial charge in [-0.3, -0.25) is 9.47 Å². The van der Waals surface area contributed by atoms with E-state index in [2.05, 4.69) is 94.4 Å². The van der Waals surface area contributed by atoms with Crippen LogP contribution < -0.4 is 14.4 Å². The molecule has 0 spiro atoms. The summed E-state index contributed by atoms with van der Waals surface area (Å²) in [4.78, 5) is 12.9. The summed E-state index contributed by atoms with van der Waals surface area (Å²) in [7, 11) is 0. The van der Waals surface area contributed by atoms with E-state index in [4.69, 9.17) is 19.4 Å². The van der Waals surface area contributed by atoms with Crippen LogP contribution in [0.4, 0.5) is 17.1 Å². The summed E-state index contributed by atoms with van der Waals surface area (Å²) in [5, 5.41) is 3.03. The summed E-state index contributed by atoms with van der Waals surface area (Å²) in [6.07, 6.45) is 0. The van der Waals surface area contributed by atoms with Crippen LogP contribution in [-0.4, -0.2) is 14.5 Å². The highest BCUT2D eigenvalue weighted by Crippen LogP contribution is 2.62. The molecule has 6 nitrogen and oxygen atoms in total. The molecule has 0 radical (unpaired) electrons. The predicted octanol–water partition coefficient (Wildman–Crippen LogP) is 11.7. The Balaban J connectivity index is 1.29. The standard InChI is InChI=1S/C44H26N4O2/c1-3-13-27(14-4-1)29-23-24-30-32-26-39-42-43(50-38-22-12-10-20-35(38)47(42)34-19-9-11-21-37(34)49-39)41(32)48(36(30)25-29)44-45-33-18-8-7-17-31(33)40(46-44)28-15-5-2-6-16-28/h1-26H. The van der Waals surface area contributed by atoms with Gasteiger partial charge in [0.05, 0.1) is 28.1 Å². The number of rotatable bonds is 3. The highest BCUT2D eigenvalue weighted by molar-refractivity contribution is 6.16. The maximum Gasteiger partial charge on any atom is 0.235 e. The second kappa shape index (κ2) is 10.3. The molecule has 0 N–H and O–H groups in total. The van der Waals surface area contributed by atoms with Crippen molar-refractivity contribution in [3.8, 4) is 51.3 Å². The minimum atomic E-state index is 0.565. The van der Waals surface area contributed by atoms with Crippen LogP contribution in [0.2, 0.25) is 0 Å². The summed E-state index contributed by atoms with van der Waals surface area (Å²) in [6.45, 7) is 0. The van der Waals surface area contributed by atoms with Crippen LogP contribution >= 0.6 is 0 Å².